The summed E-state index contributed by atoms with van der Waals surface area (Å²) >= 11 is 6.08. The zero-order valence-corrected chi connectivity index (χ0v) is 13.1. The standard InChI is InChI=1S/C16H24ClN3O/c17-15-6-2-1-5-14(15)10-19-16(21)12-20-9-3-4-13(11-20)7-8-18/h1-2,5-6,13H,3-4,7-12,18H2,(H,19,21). The van der Waals surface area contributed by atoms with Gasteiger partial charge in [-0.25, -0.2) is 0 Å². The summed E-state index contributed by atoms with van der Waals surface area (Å²) in [4.78, 5) is 14.3. The highest BCUT2D eigenvalue weighted by Crippen LogP contribution is 2.18. The second-order valence-electron chi connectivity index (χ2n) is 5.69. The minimum Gasteiger partial charge on any atom is -0.351 e. The van der Waals surface area contributed by atoms with E-state index in [0.717, 1.165) is 38.0 Å². The number of carbonyl (C=O) groups excluding carboxylic acids is 1. The van der Waals surface area contributed by atoms with Crippen molar-refractivity contribution in [3.05, 3.63) is 34.9 Å². The Bertz CT molecular complexity index is 465. The molecule has 0 aliphatic carbocycles. The Balaban J connectivity index is 1.75. The van der Waals surface area contributed by atoms with Gasteiger partial charge in [-0.05, 0) is 49.9 Å². The van der Waals surface area contributed by atoms with E-state index in [0.29, 0.717) is 24.0 Å². The van der Waals surface area contributed by atoms with Crippen LogP contribution in [0.15, 0.2) is 24.3 Å². The van der Waals surface area contributed by atoms with Crippen molar-refractivity contribution in [3.8, 4) is 0 Å². The Morgan fingerprint density at radius 3 is 3.00 bits per heavy atom. The molecule has 1 saturated heterocycles. The molecule has 1 unspecified atom stereocenters. The van der Waals surface area contributed by atoms with Crippen LogP contribution in [0.1, 0.15) is 24.8 Å². The van der Waals surface area contributed by atoms with Gasteiger partial charge in [-0.3, -0.25) is 9.69 Å². The molecule has 4 nitrogen and oxygen atoms in total. The van der Waals surface area contributed by atoms with Crippen LogP contribution in [0.3, 0.4) is 0 Å². The van der Waals surface area contributed by atoms with Crippen molar-refractivity contribution < 1.29 is 4.79 Å². The van der Waals surface area contributed by atoms with Gasteiger partial charge < -0.3 is 11.1 Å². The maximum absolute atomic E-state index is 12.0. The fourth-order valence-electron chi connectivity index (χ4n) is 2.86. The number of amides is 1. The Morgan fingerprint density at radius 1 is 1.43 bits per heavy atom. The number of nitrogens with zero attached hydrogens (tertiary/aromatic N) is 1. The molecule has 21 heavy (non-hydrogen) atoms. The molecule has 1 aromatic rings. The van der Waals surface area contributed by atoms with E-state index in [1.165, 1.54) is 6.42 Å². The monoisotopic (exact) mass is 309 g/mol. The number of benzene rings is 1. The first-order valence-electron chi connectivity index (χ1n) is 7.61. The number of halogens is 1. The fraction of sp³-hybridized carbons (Fsp3) is 0.562. The van der Waals surface area contributed by atoms with Gasteiger partial charge in [0, 0.05) is 18.1 Å². The molecular weight excluding hydrogens is 286 g/mol. The van der Waals surface area contributed by atoms with Crippen LogP contribution in [0.4, 0.5) is 0 Å². The minimum atomic E-state index is 0.0586. The molecular formula is C16H24ClN3O. The molecule has 1 fully saturated rings. The topological polar surface area (TPSA) is 58.4 Å². The lowest BCUT2D eigenvalue weighted by Gasteiger charge is -2.32. The Morgan fingerprint density at radius 2 is 2.24 bits per heavy atom. The molecule has 0 radical (unpaired) electrons. The normalized spacial score (nSPS) is 19.4. The first kappa shape index (κ1) is 16.3. The molecule has 0 aromatic heterocycles. The first-order chi connectivity index (χ1) is 10.2. The van der Waals surface area contributed by atoms with Crippen LogP contribution in [0, 0.1) is 5.92 Å². The lowest BCUT2D eigenvalue weighted by molar-refractivity contribution is -0.122. The molecule has 5 heteroatoms. The molecule has 1 aromatic carbocycles. The summed E-state index contributed by atoms with van der Waals surface area (Å²) in [6.07, 6.45) is 3.44. The minimum absolute atomic E-state index is 0.0586. The number of likely N-dealkylation sites (tertiary alicyclic amines) is 1. The molecule has 1 amide bonds. The third-order valence-electron chi connectivity index (χ3n) is 3.98. The van der Waals surface area contributed by atoms with Crippen molar-refractivity contribution in [2.75, 3.05) is 26.2 Å². The molecule has 0 spiro atoms. The molecule has 1 aliphatic rings. The van der Waals surface area contributed by atoms with Crippen molar-refractivity contribution >= 4 is 17.5 Å². The number of nitrogens with one attached hydrogen (secondary N) is 1. The molecule has 1 aliphatic heterocycles. The van der Waals surface area contributed by atoms with Crippen LogP contribution in [-0.2, 0) is 11.3 Å². The van der Waals surface area contributed by atoms with Gasteiger partial charge in [0.2, 0.25) is 5.91 Å². The summed E-state index contributed by atoms with van der Waals surface area (Å²) in [5, 5.41) is 3.64. The van der Waals surface area contributed by atoms with Crippen LogP contribution >= 0.6 is 11.6 Å². The lowest BCUT2D eigenvalue weighted by atomic mass is 9.95. The third-order valence-corrected chi connectivity index (χ3v) is 4.35. The van der Waals surface area contributed by atoms with E-state index >= 15 is 0 Å². The van der Waals surface area contributed by atoms with E-state index in [9.17, 15) is 4.79 Å². The average molecular weight is 310 g/mol. The van der Waals surface area contributed by atoms with Gasteiger partial charge in [0.1, 0.15) is 0 Å². The second-order valence-corrected chi connectivity index (χ2v) is 6.10. The summed E-state index contributed by atoms with van der Waals surface area (Å²) in [6, 6.07) is 7.58. The van der Waals surface area contributed by atoms with Gasteiger partial charge >= 0.3 is 0 Å². The summed E-state index contributed by atoms with van der Waals surface area (Å²) < 4.78 is 0. The van der Waals surface area contributed by atoms with Crippen LogP contribution < -0.4 is 11.1 Å². The SMILES string of the molecule is NCCC1CCCN(CC(=O)NCc2ccccc2Cl)C1. The maximum Gasteiger partial charge on any atom is 0.234 e. The summed E-state index contributed by atoms with van der Waals surface area (Å²) in [7, 11) is 0. The summed E-state index contributed by atoms with van der Waals surface area (Å²) in [5.74, 6) is 0.698. The van der Waals surface area contributed by atoms with E-state index in [-0.39, 0.29) is 5.91 Å². The zero-order chi connectivity index (χ0) is 15.1. The molecule has 1 heterocycles. The number of rotatable bonds is 6. The lowest BCUT2D eigenvalue weighted by Crippen LogP contribution is -2.42. The van der Waals surface area contributed by atoms with Crippen molar-refractivity contribution in [2.24, 2.45) is 11.7 Å². The maximum atomic E-state index is 12.0. The molecule has 1 atom stereocenters. The number of carbonyl (C=O) groups is 1. The third kappa shape index (κ3) is 5.30. The van der Waals surface area contributed by atoms with Gasteiger partial charge in [0.05, 0.1) is 6.54 Å². The van der Waals surface area contributed by atoms with Crippen molar-refractivity contribution in [1.29, 1.82) is 0 Å². The largest absolute Gasteiger partial charge is 0.351 e. The quantitative estimate of drug-likeness (QED) is 0.845. The second kappa shape index (κ2) is 8.37. The molecule has 2 rings (SSSR count). The average Bonchev–Trinajstić information content (AvgIpc) is 2.47. The van der Waals surface area contributed by atoms with Crippen LogP contribution in [0.2, 0.25) is 5.02 Å². The highest BCUT2D eigenvalue weighted by Gasteiger charge is 2.20. The summed E-state index contributed by atoms with van der Waals surface area (Å²) in [6.45, 7) is 3.67. The van der Waals surface area contributed by atoms with Gasteiger partial charge in [0.25, 0.3) is 0 Å². The van der Waals surface area contributed by atoms with Crippen LogP contribution in [0.5, 0.6) is 0 Å². The zero-order valence-electron chi connectivity index (χ0n) is 12.4. The van der Waals surface area contributed by atoms with Gasteiger partial charge in [0.15, 0.2) is 0 Å². The van der Waals surface area contributed by atoms with E-state index < -0.39 is 0 Å². The van der Waals surface area contributed by atoms with Crippen LogP contribution in [-0.4, -0.2) is 37.0 Å². The van der Waals surface area contributed by atoms with E-state index in [1.807, 2.05) is 24.3 Å². The predicted molar refractivity (Wildman–Crippen MR) is 86.1 cm³/mol. The molecule has 0 saturated carbocycles. The molecule has 0 bridgehead atoms. The number of piperidine rings is 1. The Hall–Kier alpha value is -1.10. The fourth-order valence-corrected chi connectivity index (χ4v) is 3.06. The molecule has 116 valence electrons. The van der Waals surface area contributed by atoms with Crippen molar-refractivity contribution in [2.45, 2.75) is 25.8 Å². The van der Waals surface area contributed by atoms with Gasteiger partial charge in [-0.2, -0.15) is 0 Å². The Labute approximate surface area is 131 Å². The number of hydrogen-bond acceptors (Lipinski definition) is 3. The van der Waals surface area contributed by atoms with E-state index in [1.54, 1.807) is 0 Å². The summed E-state index contributed by atoms with van der Waals surface area (Å²) in [5.41, 5.74) is 6.57. The molecule has 3 N–H and O–H groups in total. The highest BCUT2D eigenvalue weighted by atomic mass is 35.5. The van der Waals surface area contributed by atoms with Crippen LogP contribution in [0.25, 0.3) is 0 Å². The highest BCUT2D eigenvalue weighted by molar-refractivity contribution is 6.31. The first-order valence-corrected chi connectivity index (χ1v) is 7.99. The smallest absolute Gasteiger partial charge is 0.234 e. The van der Waals surface area contributed by atoms with Crippen molar-refractivity contribution in [1.82, 2.24) is 10.2 Å². The van der Waals surface area contributed by atoms with Gasteiger partial charge in [-0.15, -0.1) is 0 Å². The number of nitrogens with two attached hydrogens (primary N) is 1. The van der Waals surface area contributed by atoms with E-state index in [4.69, 9.17) is 17.3 Å². The van der Waals surface area contributed by atoms with Crippen molar-refractivity contribution in [3.63, 3.8) is 0 Å². The number of hydrogen-bond donors (Lipinski definition) is 2. The van der Waals surface area contributed by atoms with Gasteiger partial charge in [-0.1, -0.05) is 29.8 Å². The van der Waals surface area contributed by atoms with E-state index in [2.05, 4.69) is 10.2 Å². The Kier molecular flexibility index (Phi) is 6.49. The predicted octanol–water partition coefficient (Wildman–Crippen LogP) is 2.02.